The van der Waals surface area contributed by atoms with E-state index in [-0.39, 0.29) is 0 Å². The van der Waals surface area contributed by atoms with Crippen LogP contribution in [0.4, 0.5) is 0 Å². The van der Waals surface area contributed by atoms with Gasteiger partial charge in [0.05, 0.1) is 0 Å². The number of pyridine rings is 1. The number of nitrogens with one attached hydrogen (secondary N) is 1. The van der Waals surface area contributed by atoms with Gasteiger partial charge in [0.1, 0.15) is 0 Å². The van der Waals surface area contributed by atoms with E-state index in [2.05, 4.69) is 24.1 Å². The quantitative estimate of drug-likeness (QED) is 0.737. The number of nitrogens with two attached hydrogens (primary N) is 1. The third-order valence-corrected chi connectivity index (χ3v) is 2.38. The SMILES string of the molecule is CC(C)C(CN)NCc1ccncc1. The molecule has 0 aliphatic rings. The highest BCUT2D eigenvalue weighted by molar-refractivity contribution is 5.09. The standard InChI is InChI=1S/C11H19N3/c1-9(2)11(7-12)14-8-10-3-5-13-6-4-10/h3-6,9,11,14H,7-8,12H2,1-2H3. The molecular formula is C11H19N3. The zero-order valence-electron chi connectivity index (χ0n) is 8.90. The Hall–Kier alpha value is -0.930. The molecule has 0 spiro atoms. The lowest BCUT2D eigenvalue weighted by molar-refractivity contribution is 0.405. The Morgan fingerprint density at radius 3 is 2.50 bits per heavy atom. The van der Waals surface area contributed by atoms with Crippen LogP contribution in [0.1, 0.15) is 19.4 Å². The summed E-state index contributed by atoms with van der Waals surface area (Å²) in [5.74, 6) is 0.571. The molecule has 0 aromatic carbocycles. The molecule has 3 nitrogen and oxygen atoms in total. The number of aromatic nitrogens is 1. The van der Waals surface area contributed by atoms with Crippen molar-refractivity contribution in [3.8, 4) is 0 Å². The van der Waals surface area contributed by atoms with E-state index in [4.69, 9.17) is 5.73 Å². The first kappa shape index (κ1) is 11.1. The van der Waals surface area contributed by atoms with Gasteiger partial charge in [-0.3, -0.25) is 4.98 Å². The number of nitrogens with zero attached hydrogens (tertiary/aromatic N) is 1. The van der Waals surface area contributed by atoms with E-state index in [0.717, 1.165) is 6.54 Å². The van der Waals surface area contributed by atoms with Crippen LogP contribution in [0.25, 0.3) is 0 Å². The Labute approximate surface area is 85.7 Å². The van der Waals surface area contributed by atoms with Crippen molar-refractivity contribution >= 4 is 0 Å². The maximum atomic E-state index is 5.66. The van der Waals surface area contributed by atoms with E-state index in [1.54, 1.807) is 0 Å². The summed E-state index contributed by atoms with van der Waals surface area (Å²) in [7, 11) is 0. The van der Waals surface area contributed by atoms with Crippen molar-refractivity contribution in [2.45, 2.75) is 26.4 Å². The van der Waals surface area contributed by atoms with Gasteiger partial charge in [-0.05, 0) is 23.6 Å². The van der Waals surface area contributed by atoms with Gasteiger partial charge in [0.25, 0.3) is 0 Å². The van der Waals surface area contributed by atoms with Gasteiger partial charge >= 0.3 is 0 Å². The fourth-order valence-electron chi connectivity index (χ4n) is 1.34. The monoisotopic (exact) mass is 193 g/mol. The average Bonchev–Trinajstić information content (AvgIpc) is 2.20. The van der Waals surface area contributed by atoms with Crippen molar-refractivity contribution in [1.29, 1.82) is 0 Å². The smallest absolute Gasteiger partial charge is 0.0271 e. The van der Waals surface area contributed by atoms with Gasteiger partial charge in [-0.25, -0.2) is 0 Å². The molecule has 0 aliphatic carbocycles. The van der Waals surface area contributed by atoms with Crippen LogP contribution in [0.15, 0.2) is 24.5 Å². The normalized spacial score (nSPS) is 13.1. The van der Waals surface area contributed by atoms with Gasteiger partial charge < -0.3 is 11.1 Å². The Bertz CT molecular complexity index is 246. The summed E-state index contributed by atoms with van der Waals surface area (Å²) in [5, 5.41) is 3.43. The highest BCUT2D eigenvalue weighted by atomic mass is 14.9. The van der Waals surface area contributed by atoms with Gasteiger partial charge in [-0.1, -0.05) is 13.8 Å². The minimum absolute atomic E-state index is 0.392. The lowest BCUT2D eigenvalue weighted by Gasteiger charge is -2.20. The molecule has 78 valence electrons. The maximum Gasteiger partial charge on any atom is 0.0271 e. The Morgan fingerprint density at radius 1 is 1.36 bits per heavy atom. The second kappa shape index (κ2) is 5.73. The molecule has 0 amide bonds. The van der Waals surface area contributed by atoms with Crippen molar-refractivity contribution < 1.29 is 0 Å². The third-order valence-electron chi connectivity index (χ3n) is 2.38. The van der Waals surface area contributed by atoms with Gasteiger partial charge in [-0.2, -0.15) is 0 Å². The largest absolute Gasteiger partial charge is 0.329 e. The van der Waals surface area contributed by atoms with Crippen molar-refractivity contribution in [2.75, 3.05) is 6.54 Å². The van der Waals surface area contributed by atoms with Crippen molar-refractivity contribution in [3.05, 3.63) is 30.1 Å². The molecule has 1 atom stereocenters. The zero-order valence-corrected chi connectivity index (χ0v) is 8.90. The number of hydrogen-bond donors (Lipinski definition) is 2. The molecule has 14 heavy (non-hydrogen) atoms. The van der Waals surface area contributed by atoms with Crippen LogP contribution >= 0.6 is 0 Å². The maximum absolute atomic E-state index is 5.66. The summed E-state index contributed by atoms with van der Waals surface area (Å²) in [6.45, 7) is 5.90. The minimum atomic E-state index is 0.392. The Balaban J connectivity index is 2.40. The van der Waals surface area contributed by atoms with Gasteiger partial charge in [0.2, 0.25) is 0 Å². The molecule has 0 fully saturated rings. The molecular weight excluding hydrogens is 174 g/mol. The summed E-state index contributed by atoms with van der Waals surface area (Å²) in [4.78, 5) is 3.98. The molecule has 3 N–H and O–H groups in total. The molecule has 3 heteroatoms. The van der Waals surface area contributed by atoms with Crippen LogP contribution in [-0.4, -0.2) is 17.6 Å². The molecule has 1 aromatic rings. The Morgan fingerprint density at radius 2 is 2.00 bits per heavy atom. The van der Waals surface area contributed by atoms with Gasteiger partial charge in [-0.15, -0.1) is 0 Å². The molecule has 0 saturated carbocycles. The second-order valence-electron chi connectivity index (χ2n) is 3.82. The molecule has 1 unspecified atom stereocenters. The highest BCUT2D eigenvalue weighted by Gasteiger charge is 2.09. The first-order valence-corrected chi connectivity index (χ1v) is 5.06. The van der Waals surface area contributed by atoms with Crippen molar-refractivity contribution in [1.82, 2.24) is 10.3 Å². The van der Waals surface area contributed by atoms with Gasteiger partial charge in [0, 0.05) is 31.5 Å². The zero-order chi connectivity index (χ0) is 10.4. The van der Waals surface area contributed by atoms with E-state index in [1.807, 2.05) is 24.5 Å². The van der Waals surface area contributed by atoms with Crippen LogP contribution < -0.4 is 11.1 Å². The average molecular weight is 193 g/mol. The fraction of sp³-hybridized carbons (Fsp3) is 0.545. The first-order chi connectivity index (χ1) is 6.74. The summed E-state index contributed by atoms with van der Waals surface area (Å²) >= 11 is 0. The molecule has 1 heterocycles. The first-order valence-electron chi connectivity index (χ1n) is 5.06. The van der Waals surface area contributed by atoms with E-state index in [9.17, 15) is 0 Å². The summed E-state index contributed by atoms with van der Waals surface area (Å²) < 4.78 is 0. The lowest BCUT2D eigenvalue weighted by Crippen LogP contribution is -2.39. The van der Waals surface area contributed by atoms with E-state index in [0.29, 0.717) is 18.5 Å². The fourth-order valence-corrected chi connectivity index (χ4v) is 1.34. The molecule has 0 radical (unpaired) electrons. The van der Waals surface area contributed by atoms with E-state index >= 15 is 0 Å². The highest BCUT2D eigenvalue weighted by Crippen LogP contribution is 2.02. The van der Waals surface area contributed by atoms with Crippen LogP contribution in [0.5, 0.6) is 0 Å². The van der Waals surface area contributed by atoms with Crippen LogP contribution in [-0.2, 0) is 6.54 Å². The molecule has 0 aliphatic heterocycles. The predicted molar refractivity (Wildman–Crippen MR) is 58.8 cm³/mol. The molecule has 0 bridgehead atoms. The minimum Gasteiger partial charge on any atom is -0.329 e. The summed E-state index contributed by atoms with van der Waals surface area (Å²) in [5.41, 5.74) is 6.91. The second-order valence-corrected chi connectivity index (χ2v) is 3.82. The molecule has 1 rings (SSSR count). The molecule has 1 aromatic heterocycles. The number of hydrogen-bond acceptors (Lipinski definition) is 3. The van der Waals surface area contributed by atoms with Crippen molar-refractivity contribution in [3.63, 3.8) is 0 Å². The topological polar surface area (TPSA) is 50.9 Å². The Kier molecular flexibility index (Phi) is 4.56. The van der Waals surface area contributed by atoms with E-state index < -0.39 is 0 Å². The third kappa shape index (κ3) is 3.44. The van der Waals surface area contributed by atoms with Crippen LogP contribution in [0.3, 0.4) is 0 Å². The molecule has 0 saturated heterocycles. The van der Waals surface area contributed by atoms with Gasteiger partial charge in [0.15, 0.2) is 0 Å². The van der Waals surface area contributed by atoms with Crippen LogP contribution in [0.2, 0.25) is 0 Å². The van der Waals surface area contributed by atoms with Crippen molar-refractivity contribution in [2.24, 2.45) is 11.7 Å². The number of rotatable bonds is 5. The predicted octanol–water partition coefficient (Wildman–Crippen LogP) is 1.15. The van der Waals surface area contributed by atoms with Crippen LogP contribution in [0, 0.1) is 5.92 Å². The summed E-state index contributed by atoms with van der Waals surface area (Å²) in [6.07, 6.45) is 3.62. The van der Waals surface area contributed by atoms with E-state index in [1.165, 1.54) is 5.56 Å². The lowest BCUT2D eigenvalue weighted by atomic mass is 10.0. The summed E-state index contributed by atoms with van der Waals surface area (Å²) in [6, 6.07) is 4.42.